The molecule has 1 N–H and O–H groups in total. The van der Waals surface area contributed by atoms with Gasteiger partial charge in [-0.1, -0.05) is 12.1 Å². The van der Waals surface area contributed by atoms with Gasteiger partial charge in [-0.25, -0.2) is 0 Å². The summed E-state index contributed by atoms with van der Waals surface area (Å²) in [6.07, 6.45) is 1.50. The first-order valence-electron chi connectivity index (χ1n) is 6.82. The third kappa shape index (κ3) is 5.01. The van der Waals surface area contributed by atoms with Crippen LogP contribution in [0.25, 0.3) is 0 Å². The van der Waals surface area contributed by atoms with Crippen LogP contribution in [-0.2, 0) is 6.54 Å². The second-order valence-electron chi connectivity index (χ2n) is 5.32. The van der Waals surface area contributed by atoms with Gasteiger partial charge in [-0.05, 0) is 45.0 Å². The van der Waals surface area contributed by atoms with E-state index in [0.29, 0.717) is 6.04 Å². The summed E-state index contributed by atoms with van der Waals surface area (Å²) >= 11 is 0. The first-order chi connectivity index (χ1) is 8.67. The molecule has 0 amide bonds. The van der Waals surface area contributed by atoms with Crippen molar-refractivity contribution in [1.82, 2.24) is 10.2 Å². The lowest BCUT2D eigenvalue weighted by Gasteiger charge is -2.16. The highest BCUT2D eigenvalue weighted by molar-refractivity contribution is 5.85. The van der Waals surface area contributed by atoms with Gasteiger partial charge in [-0.15, -0.1) is 12.4 Å². The Morgan fingerprint density at radius 1 is 1.32 bits per heavy atom. The molecule has 0 radical (unpaired) electrons. The molecule has 1 atom stereocenters. The van der Waals surface area contributed by atoms with Crippen LogP contribution in [0.5, 0.6) is 5.75 Å². The molecule has 108 valence electrons. The van der Waals surface area contributed by atoms with Crippen LogP contribution < -0.4 is 10.1 Å². The van der Waals surface area contributed by atoms with Crippen molar-refractivity contribution in [3.63, 3.8) is 0 Å². The fraction of sp³-hybridized carbons (Fsp3) is 0.600. The van der Waals surface area contributed by atoms with Crippen LogP contribution in [-0.4, -0.2) is 37.2 Å². The van der Waals surface area contributed by atoms with Crippen LogP contribution in [0.3, 0.4) is 0 Å². The summed E-state index contributed by atoms with van der Waals surface area (Å²) in [4.78, 5) is 2.50. The first kappa shape index (κ1) is 16.3. The third-order valence-electron chi connectivity index (χ3n) is 3.38. The smallest absolute Gasteiger partial charge is 0.119 e. The SMILES string of the molecule is CNC1CCN(Cc2ccc(OC(C)C)cc2)C1.Cl. The number of likely N-dealkylation sites (N-methyl/N-ethyl adjacent to an activating group) is 1. The van der Waals surface area contributed by atoms with Crippen LogP contribution >= 0.6 is 12.4 Å². The molecule has 0 aromatic heterocycles. The number of likely N-dealkylation sites (tertiary alicyclic amines) is 1. The monoisotopic (exact) mass is 284 g/mol. The number of hydrogen-bond donors (Lipinski definition) is 1. The van der Waals surface area contributed by atoms with E-state index in [-0.39, 0.29) is 18.5 Å². The molecule has 1 unspecified atom stereocenters. The number of ether oxygens (including phenoxy) is 1. The predicted octanol–water partition coefficient (Wildman–Crippen LogP) is 2.69. The Morgan fingerprint density at radius 3 is 2.53 bits per heavy atom. The molecule has 1 aliphatic rings. The van der Waals surface area contributed by atoms with E-state index in [1.165, 1.54) is 18.5 Å². The molecule has 1 heterocycles. The molecule has 0 spiro atoms. The zero-order chi connectivity index (χ0) is 13.0. The average molecular weight is 285 g/mol. The summed E-state index contributed by atoms with van der Waals surface area (Å²) in [5, 5.41) is 3.35. The van der Waals surface area contributed by atoms with Crippen LogP contribution in [0.4, 0.5) is 0 Å². The molecule has 1 saturated heterocycles. The number of rotatable bonds is 5. The third-order valence-corrected chi connectivity index (χ3v) is 3.38. The van der Waals surface area contributed by atoms with Gasteiger partial charge in [0.25, 0.3) is 0 Å². The Labute approximate surface area is 122 Å². The second kappa shape index (κ2) is 7.73. The standard InChI is InChI=1S/C15H24N2O.ClH/c1-12(2)18-15-6-4-13(5-7-15)10-17-9-8-14(11-17)16-3;/h4-7,12,14,16H,8-11H2,1-3H3;1H. The normalized spacial score (nSPS) is 19.5. The van der Waals surface area contributed by atoms with Crippen molar-refractivity contribution in [2.75, 3.05) is 20.1 Å². The fourth-order valence-electron chi connectivity index (χ4n) is 2.42. The van der Waals surface area contributed by atoms with Crippen molar-refractivity contribution in [2.45, 2.75) is 39.0 Å². The van der Waals surface area contributed by atoms with Crippen LogP contribution in [0.15, 0.2) is 24.3 Å². The number of benzene rings is 1. The van der Waals surface area contributed by atoms with Crippen molar-refractivity contribution in [3.8, 4) is 5.75 Å². The lowest BCUT2D eigenvalue weighted by atomic mass is 10.2. The van der Waals surface area contributed by atoms with Crippen molar-refractivity contribution in [1.29, 1.82) is 0 Å². The van der Waals surface area contributed by atoms with E-state index in [1.807, 2.05) is 7.05 Å². The van der Waals surface area contributed by atoms with E-state index in [1.54, 1.807) is 0 Å². The topological polar surface area (TPSA) is 24.5 Å². The van der Waals surface area contributed by atoms with Crippen molar-refractivity contribution in [2.24, 2.45) is 0 Å². The minimum Gasteiger partial charge on any atom is -0.491 e. The van der Waals surface area contributed by atoms with E-state index >= 15 is 0 Å². The first-order valence-corrected chi connectivity index (χ1v) is 6.82. The fourth-order valence-corrected chi connectivity index (χ4v) is 2.42. The maximum atomic E-state index is 5.65. The molecule has 1 fully saturated rings. The van der Waals surface area contributed by atoms with Gasteiger partial charge < -0.3 is 10.1 Å². The van der Waals surface area contributed by atoms with Gasteiger partial charge in [0, 0.05) is 25.7 Å². The zero-order valence-corrected chi connectivity index (χ0v) is 12.9. The van der Waals surface area contributed by atoms with Crippen molar-refractivity contribution >= 4 is 12.4 Å². The molecule has 2 rings (SSSR count). The van der Waals surface area contributed by atoms with Crippen LogP contribution in [0, 0.1) is 0 Å². The highest BCUT2D eigenvalue weighted by Gasteiger charge is 2.20. The molecular weight excluding hydrogens is 260 g/mol. The summed E-state index contributed by atoms with van der Waals surface area (Å²) in [5.41, 5.74) is 1.36. The van der Waals surface area contributed by atoms with Gasteiger partial charge in [0.1, 0.15) is 5.75 Å². The Balaban J connectivity index is 0.00000180. The zero-order valence-electron chi connectivity index (χ0n) is 12.1. The number of nitrogens with one attached hydrogen (secondary N) is 1. The number of halogens is 1. The summed E-state index contributed by atoms with van der Waals surface area (Å²) < 4.78 is 5.65. The minimum atomic E-state index is 0. The summed E-state index contributed by atoms with van der Waals surface area (Å²) in [6.45, 7) is 7.49. The highest BCUT2D eigenvalue weighted by atomic mass is 35.5. The maximum Gasteiger partial charge on any atom is 0.119 e. The van der Waals surface area contributed by atoms with Crippen molar-refractivity contribution < 1.29 is 4.74 Å². The van der Waals surface area contributed by atoms with E-state index in [2.05, 4.69) is 48.3 Å². The van der Waals surface area contributed by atoms with Gasteiger partial charge in [0.05, 0.1) is 6.10 Å². The lowest BCUT2D eigenvalue weighted by molar-refractivity contribution is 0.242. The number of nitrogens with zero attached hydrogens (tertiary/aromatic N) is 1. The molecule has 3 nitrogen and oxygen atoms in total. The molecular formula is C15H25ClN2O. The molecule has 4 heteroatoms. The van der Waals surface area contributed by atoms with Gasteiger partial charge in [-0.2, -0.15) is 0 Å². The molecule has 1 aliphatic heterocycles. The predicted molar refractivity (Wildman–Crippen MR) is 82.2 cm³/mol. The van der Waals surface area contributed by atoms with E-state index in [0.717, 1.165) is 18.8 Å². The van der Waals surface area contributed by atoms with Gasteiger partial charge in [0.2, 0.25) is 0 Å². The van der Waals surface area contributed by atoms with Gasteiger partial charge in [0.15, 0.2) is 0 Å². The molecule has 19 heavy (non-hydrogen) atoms. The van der Waals surface area contributed by atoms with E-state index in [4.69, 9.17) is 4.74 Å². The van der Waals surface area contributed by atoms with Crippen LogP contribution in [0.2, 0.25) is 0 Å². The van der Waals surface area contributed by atoms with Crippen molar-refractivity contribution in [3.05, 3.63) is 29.8 Å². The molecule has 0 aliphatic carbocycles. The molecule has 0 saturated carbocycles. The summed E-state index contributed by atoms with van der Waals surface area (Å²) in [5.74, 6) is 0.961. The summed E-state index contributed by atoms with van der Waals surface area (Å²) in [6, 6.07) is 9.14. The van der Waals surface area contributed by atoms with Gasteiger partial charge >= 0.3 is 0 Å². The second-order valence-corrected chi connectivity index (χ2v) is 5.32. The van der Waals surface area contributed by atoms with Crippen LogP contribution in [0.1, 0.15) is 25.8 Å². The Morgan fingerprint density at radius 2 is 2.00 bits per heavy atom. The highest BCUT2D eigenvalue weighted by Crippen LogP contribution is 2.17. The summed E-state index contributed by atoms with van der Waals surface area (Å²) in [7, 11) is 2.05. The number of hydrogen-bond acceptors (Lipinski definition) is 3. The van der Waals surface area contributed by atoms with E-state index in [9.17, 15) is 0 Å². The molecule has 1 aromatic rings. The maximum absolute atomic E-state index is 5.65. The Bertz CT molecular complexity index is 367. The Kier molecular flexibility index (Phi) is 6.63. The lowest BCUT2D eigenvalue weighted by Crippen LogP contribution is -2.29. The molecule has 0 bridgehead atoms. The van der Waals surface area contributed by atoms with E-state index < -0.39 is 0 Å². The molecule has 1 aromatic carbocycles. The quantitative estimate of drug-likeness (QED) is 0.900. The van der Waals surface area contributed by atoms with Gasteiger partial charge in [-0.3, -0.25) is 4.90 Å². The Hall–Kier alpha value is -0.770. The minimum absolute atomic E-state index is 0. The average Bonchev–Trinajstić information content (AvgIpc) is 2.79. The largest absolute Gasteiger partial charge is 0.491 e.